The number of nitrogens with zero attached hydrogens (tertiary/aromatic N) is 3. The van der Waals surface area contributed by atoms with Crippen LogP contribution in [0.4, 0.5) is 22.9 Å². The van der Waals surface area contributed by atoms with Crippen molar-refractivity contribution in [3.8, 4) is 11.6 Å². The molecule has 0 saturated carbocycles. The van der Waals surface area contributed by atoms with Gasteiger partial charge in [-0.2, -0.15) is 4.98 Å². The van der Waals surface area contributed by atoms with Gasteiger partial charge in [-0.1, -0.05) is 18.7 Å². The summed E-state index contributed by atoms with van der Waals surface area (Å²) in [4.78, 5) is 20.8. The Hall–Kier alpha value is -3.84. The van der Waals surface area contributed by atoms with Gasteiger partial charge >= 0.3 is 0 Å². The molecule has 1 amide bonds. The first-order valence-electron chi connectivity index (χ1n) is 10.6. The normalized spacial score (nSPS) is 14.0. The smallest absolute Gasteiger partial charge is 0.247 e. The van der Waals surface area contributed by atoms with Gasteiger partial charge in [0.05, 0.1) is 0 Å². The Morgan fingerprint density at radius 3 is 2.50 bits per heavy atom. The van der Waals surface area contributed by atoms with E-state index in [1.165, 1.54) is 11.8 Å². The van der Waals surface area contributed by atoms with Crippen molar-refractivity contribution in [2.45, 2.75) is 0 Å². The monoisotopic (exact) mass is 429 g/mol. The van der Waals surface area contributed by atoms with Crippen LogP contribution in [0.5, 0.6) is 11.6 Å². The number of piperazine rings is 1. The van der Waals surface area contributed by atoms with Crippen LogP contribution >= 0.6 is 0 Å². The quantitative estimate of drug-likeness (QED) is 0.539. The Labute approximate surface area is 188 Å². The van der Waals surface area contributed by atoms with Crippen LogP contribution in [0.3, 0.4) is 0 Å². The lowest BCUT2D eigenvalue weighted by atomic mass is 10.2. The molecule has 7 nitrogen and oxygen atoms in total. The molecule has 3 aromatic rings. The minimum Gasteiger partial charge on any atom is -0.439 e. The number of hydrogen-bond acceptors (Lipinski definition) is 6. The molecule has 1 fully saturated rings. The number of pyridine rings is 1. The number of nitrogens with one attached hydrogen (secondary N) is 2. The standard InChI is InChI=1S/C25H27N5O2/c1-3-24(31)27-20-6-4-7-22(18-20)32-25-9-5-8-23(28-25)26-19-10-12-21(13-11-19)30-16-14-29(2)15-17-30/h3-13,18H,1,14-17H2,2H3,(H,26,28)(H,27,31). The lowest BCUT2D eigenvalue weighted by Gasteiger charge is -2.34. The molecule has 0 bridgehead atoms. The molecule has 1 aliphatic rings. The summed E-state index contributed by atoms with van der Waals surface area (Å²) in [7, 11) is 2.16. The van der Waals surface area contributed by atoms with E-state index in [1.807, 2.05) is 18.2 Å². The number of hydrogen-bond donors (Lipinski definition) is 2. The van der Waals surface area contributed by atoms with Gasteiger partial charge < -0.3 is 25.2 Å². The first kappa shape index (κ1) is 21.4. The van der Waals surface area contributed by atoms with Crippen molar-refractivity contribution in [3.05, 3.63) is 79.4 Å². The molecule has 0 unspecified atom stereocenters. The van der Waals surface area contributed by atoms with Gasteiger partial charge in [0.25, 0.3) is 0 Å². The minimum atomic E-state index is -0.273. The Balaban J connectivity index is 1.39. The summed E-state index contributed by atoms with van der Waals surface area (Å²) in [5, 5.41) is 6.04. The number of carbonyl (C=O) groups is 1. The Kier molecular flexibility index (Phi) is 6.67. The molecule has 4 rings (SSSR count). The zero-order valence-electron chi connectivity index (χ0n) is 18.1. The molecule has 0 radical (unpaired) electrons. The molecule has 7 heteroatoms. The van der Waals surface area contributed by atoms with Crippen molar-refractivity contribution in [3.63, 3.8) is 0 Å². The average Bonchev–Trinajstić information content (AvgIpc) is 2.81. The molecule has 164 valence electrons. The first-order valence-corrected chi connectivity index (χ1v) is 10.6. The Morgan fingerprint density at radius 2 is 1.75 bits per heavy atom. The highest BCUT2D eigenvalue weighted by Crippen LogP contribution is 2.26. The number of ether oxygens (including phenoxy) is 1. The molecule has 2 heterocycles. The van der Waals surface area contributed by atoms with Crippen LogP contribution in [0.1, 0.15) is 0 Å². The summed E-state index contributed by atoms with van der Waals surface area (Å²) in [5.74, 6) is 1.44. The van der Waals surface area contributed by atoms with Crippen LogP contribution in [0, 0.1) is 0 Å². The van der Waals surface area contributed by atoms with Crippen molar-refractivity contribution >= 4 is 28.8 Å². The van der Waals surface area contributed by atoms with E-state index in [4.69, 9.17) is 4.74 Å². The minimum absolute atomic E-state index is 0.273. The fourth-order valence-electron chi connectivity index (χ4n) is 3.46. The SMILES string of the molecule is C=CC(=O)Nc1cccc(Oc2cccc(Nc3ccc(N4CCN(C)CC4)cc3)n2)c1. The second-order valence-electron chi connectivity index (χ2n) is 7.65. The maximum absolute atomic E-state index is 11.5. The Bertz CT molecular complexity index is 1080. The maximum Gasteiger partial charge on any atom is 0.247 e. The van der Waals surface area contributed by atoms with Gasteiger partial charge in [-0.3, -0.25) is 4.79 Å². The van der Waals surface area contributed by atoms with Crippen molar-refractivity contribution in [2.75, 3.05) is 48.8 Å². The molecule has 0 spiro atoms. The van der Waals surface area contributed by atoms with E-state index in [9.17, 15) is 4.79 Å². The van der Waals surface area contributed by atoms with Gasteiger partial charge in [0.2, 0.25) is 11.8 Å². The highest BCUT2D eigenvalue weighted by Gasteiger charge is 2.14. The predicted molar refractivity (Wildman–Crippen MR) is 129 cm³/mol. The lowest BCUT2D eigenvalue weighted by Crippen LogP contribution is -2.44. The predicted octanol–water partition coefficient (Wildman–Crippen LogP) is 4.49. The van der Waals surface area contributed by atoms with Crippen molar-refractivity contribution in [1.29, 1.82) is 0 Å². The van der Waals surface area contributed by atoms with Crippen LogP contribution in [0.25, 0.3) is 0 Å². The third kappa shape index (κ3) is 5.65. The van der Waals surface area contributed by atoms with Crippen LogP contribution < -0.4 is 20.3 Å². The summed E-state index contributed by atoms with van der Waals surface area (Å²) in [6.07, 6.45) is 1.22. The van der Waals surface area contributed by atoms with E-state index in [0.29, 0.717) is 23.1 Å². The van der Waals surface area contributed by atoms with Gasteiger partial charge in [0.1, 0.15) is 11.6 Å². The van der Waals surface area contributed by atoms with Gasteiger partial charge in [-0.15, -0.1) is 0 Å². The van der Waals surface area contributed by atoms with Crippen molar-refractivity contribution in [2.24, 2.45) is 0 Å². The topological polar surface area (TPSA) is 69.7 Å². The molecule has 1 saturated heterocycles. The third-order valence-corrected chi connectivity index (χ3v) is 5.24. The molecule has 0 atom stereocenters. The van der Waals surface area contributed by atoms with E-state index in [0.717, 1.165) is 31.9 Å². The lowest BCUT2D eigenvalue weighted by molar-refractivity contribution is -0.111. The summed E-state index contributed by atoms with van der Waals surface area (Å²) < 4.78 is 5.88. The van der Waals surface area contributed by atoms with Gasteiger partial charge in [0, 0.05) is 55.4 Å². The number of likely N-dealkylation sites (N-methyl/N-ethyl adjacent to an activating group) is 1. The molecule has 2 aromatic carbocycles. The Morgan fingerprint density at radius 1 is 1.00 bits per heavy atom. The highest BCUT2D eigenvalue weighted by molar-refractivity contribution is 5.98. The second kappa shape index (κ2) is 9.98. The second-order valence-corrected chi connectivity index (χ2v) is 7.65. The number of rotatable bonds is 7. The van der Waals surface area contributed by atoms with Crippen molar-refractivity contribution in [1.82, 2.24) is 9.88 Å². The van der Waals surface area contributed by atoms with Crippen LogP contribution in [-0.4, -0.2) is 49.0 Å². The number of amides is 1. The van der Waals surface area contributed by atoms with Crippen LogP contribution in [0.15, 0.2) is 79.4 Å². The third-order valence-electron chi connectivity index (χ3n) is 5.24. The molecule has 1 aliphatic heterocycles. The summed E-state index contributed by atoms with van der Waals surface area (Å²) in [6, 6.07) is 21.1. The number of aromatic nitrogens is 1. The molecular weight excluding hydrogens is 402 g/mol. The number of carbonyl (C=O) groups excluding carboxylic acids is 1. The maximum atomic E-state index is 11.5. The zero-order chi connectivity index (χ0) is 22.3. The zero-order valence-corrected chi connectivity index (χ0v) is 18.1. The van der Waals surface area contributed by atoms with E-state index < -0.39 is 0 Å². The van der Waals surface area contributed by atoms with E-state index in [-0.39, 0.29) is 5.91 Å². The fourth-order valence-corrected chi connectivity index (χ4v) is 3.46. The molecular formula is C25H27N5O2. The number of anilines is 4. The van der Waals surface area contributed by atoms with Crippen LogP contribution in [0.2, 0.25) is 0 Å². The van der Waals surface area contributed by atoms with Crippen LogP contribution in [-0.2, 0) is 4.79 Å². The fraction of sp³-hybridized carbons (Fsp3) is 0.200. The summed E-state index contributed by atoms with van der Waals surface area (Å²) in [6.45, 7) is 7.71. The van der Waals surface area contributed by atoms with E-state index in [1.54, 1.807) is 24.3 Å². The average molecular weight is 430 g/mol. The van der Waals surface area contributed by atoms with Crippen molar-refractivity contribution < 1.29 is 9.53 Å². The van der Waals surface area contributed by atoms with Gasteiger partial charge in [-0.05, 0) is 55.6 Å². The highest BCUT2D eigenvalue weighted by atomic mass is 16.5. The molecule has 1 aromatic heterocycles. The molecule has 0 aliphatic carbocycles. The summed E-state index contributed by atoms with van der Waals surface area (Å²) >= 11 is 0. The first-order chi connectivity index (χ1) is 15.6. The largest absolute Gasteiger partial charge is 0.439 e. The van der Waals surface area contributed by atoms with E-state index >= 15 is 0 Å². The van der Waals surface area contributed by atoms with E-state index in [2.05, 4.69) is 63.3 Å². The van der Waals surface area contributed by atoms with Gasteiger partial charge in [0.15, 0.2) is 0 Å². The molecule has 2 N–H and O–H groups in total. The molecule has 32 heavy (non-hydrogen) atoms. The summed E-state index contributed by atoms with van der Waals surface area (Å²) in [5.41, 5.74) is 2.82. The van der Waals surface area contributed by atoms with Gasteiger partial charge in [-0.25, -0.2) is 0 Å². The number of benzene rings is 2.